The minimum Gasteiger partial charge on any atom is -0.493 e. The molecule has 0 radical (unpaired) electrons. The molecule has 120 valence electrons. The van der Waals surface area contributed by atoms with Gasteiger partial charge in [-0.3, -0.25) is 10.1 Å². The maximum absolute atomic E-state index is 12.4. The summed E-state index contributed by atoms with van der Waals surface area (Å²) in [5.41, 5.74) is 3.50. The van der Waals surface area contributed by atoms with Crippen LogP contribution < -0.4 is 15.4 Å². The highest BCUT2D eigenvalue weighted by Gasteiger charge is 2.14. The summed E-state index contributed by atoms with van der Waals surface area (Å²) in [5, 5.41) is 6.05. The molecule has 5 heteroatoms. The van der Waals surface area contributed by atoms with Gasteiger partial charge in [-0.1, -0.05) is 30.3 Å². The molecule has 2 aromatic carbocycles. The summed E-state index contributed by atoms with van der Waals surface area (Å²) in [4.78, 5) is 12.4. The van der Waals surface area contributed by atoms with E-state index >= 15 is 0 Å². The average molecular weight is 328 g/mol. The second-order valence-corrected chi connectivity index (χ2v) is 5.51. The van der Waals surface area contributed by atoms with Gasteiger partial charge in [0.05, 0.1) is 12.2 Å². The summed E-state index contributed by atoms with van der Waals surface area (Å²) >= 11 is 5.26. The second-order valence-electron chi connectivity index (χ2n) is 5.10. The van der Waals surface area contributed by atoms with Crippen LogP contribution >= 0.6 is 12.2 Å². The normalized spacial score (nSPS) is 10.0. The standard InChI is InChI=1S/C18H20N2O2S/c1-4-22-15-11-6-5-10-14(15)17(21)20-18(23)19-16-12(2)8-7-9-13(16)3/h5-11H,4H2,1-3H3,(H2,19,20,21,23). The average Bonchev–Trinajstić information content (AvgIpc) is 2.52. The highest BCUT2D eigenvalue weighted by Crippen LogP contribution is 2.20. The third kappa shape index (κ3) is 4.29. The van der Waals surface area contributed by atoms with Gasteiger partial charge in [0.25, 0.3) is 5.91 Å². The Kier molecular flexibility index (Phi) is 5.71. The molecule has 4 nitrogen and oxygen atoms in total. The first-order valence-electron chi connectivity index (χ1n) is 7.43. The van der Waals surface area contributed by atoms with E-state index in [4.69, 9.17) is 17.0 Å². The summed E-state index contributed by atoms with van der Waals surface area (Å²) in [6.07, 6.45) is 0. The first-order valence-corrected chi connectivity index (χ1v) is 7.84. The van der Waals surface area contributed by atoms with Crippen molar-refractivity contribution >= 4 is 28.9 Å². The SMILES string of the molecule is CCOc1ccccc1C(=O)NC(=S)Nc1c(C)cccc1C. The number of benzene rings is 2. The van der Waals surface area contributed by atoms with Crippen LogP contribution in [0.4, 0.5) is 5.69 Å². The highest BCUT2D eigenvalue weighted by atomic mass is 32.1. The van der Waals surface area contributed by atoms with Gasteiger partial charge >= 0.3 is 0 Å². The van der Waals surface area contributed by atoms with Crippen LogP contribution in [0.2, 0.25) is 0 Å². The number of anilines is 1. The monoisotopic (exact) mass is 328 g/mol. The van der Waals surface area contributed by atoms with Crippen LogP contribution in [0.3, 0.4) is 0 Å². The molecule has 0 fully saturated rings. The van der Waals surface area contributed by atoms with E-state index in [1.54, 1.807) is 18.2 Å². The van der Waals surface area contributed by atoms with Crippen molar-refractivity contribution in [1.82, 2.24) is 5.32 Å². The Morgan fingerprint density at radius 2 is 1.74 bits per heavy atom. The molecule has 0 saturated heterocycles. The van der Waals surface area contributed by atoms with Crippen molar-refractivity contribution in [3.8, 4) is 5.75 Å². The van der Waals surface area contributed by atoms with E-state index in [1.807, 2.05) is 45.0 Å². The largest absolute Gasteiger partial charge is 0.493 e. The van der Waals surface area contributed by atoms with Gasteiger partial charge in [-0.05, 0) is 56.2 Å². The molecule has 2 rings (SSSR count). The van der Waals surface area contributed by atoms with Crippen LogP contribution in [-0.2, 0) is 0 Å². The molecule has 0 spiro atoms. The van der Waals surface area contributed by atoms with Gasteiger partial charge in [0.15, 0.2) is 5.11 Å². The van der Waals surface area contributed by atoms with Crippen LogP contribution in [0.5, 0.6) is 5.75 Å². The summed E-state index contributed by atoms with van der Waals surface area (Å²) in [5.74, 6) is 0.250. The molecule has 2 N–H and O–H groups in total. The predicted molar refractivity (Wildman–Crippen MR) is 97.2 cm³/mol. The van der Waals surface area contributed by atoms with Crippen molar-refractivity contribution in [3.63, 3.8) is 0 Å². The van der Waals surface area contributed by atoms with Crippen LogP contribution in [0.25, 0.3) is 0 Å². The Morgan fingerprint density at radius 1 is 1.09 bits per heavy atom. The summed E-state index contributed by atoms with van der Waals surface area (Å²) < 4.78 is 5.47. The molecular formula is C18H20N2O2S. The van der Waals surface area contributed by atoms with Gasteiger partial charge < -0.3 is 10.1 Å². The fourth-order valence-corrected chi connectivity index (χ4v) is 2.46. The lowest BCUT2D eigenvalue weighted by Crippen LogP contribution is -2.34. The Hall–Kier alpha value is -2.40. The van der Waals surface area contributed by atoms with Crippen molar-refractivity contribution in [2.45, 2.75) is 20.8 Å². The minimum absolute atomic E-state index is 0.263. The first-order chi connectivity index (χ1) is 11.0. The van der Waals surface area contributed by atoms with Crippen molar-refractivity contribution in [2.75, 3.05) is 11.9 Å². The van der Waals surface area contributed by atoms with Crippen LogP contribution in [-0.4, -0.2) is 17.6 Å². The quantitative estimate of drug-likeness (QED) is 0.838. The molecule has 0 aliphatic heterocycles. The summed E-state index contributed by atoms with van der Waals surface area (Å²) in [7, 11) is 0. The van der Waals surface area contributed by atoms with Crippen molar-refractivity contribution < 1.29 is 9.53 Å². The number of carbonyl (C=O) groups is 1. The Morgan fingerprint density at radius 3 is 2.39 bits per heavy atom. The highest BCUT2D eigenvalue weighted by molar-refractivity contribution is 7.80. The number of hydrogen-bond acceptors (Lipinski definition) is 3. The Bertz CT molecular complexity index is 708. The van der Waals surface area contributed by atoms with Gasteiger partial charge in [0.1, 0.15) is 5.75 Å². The topological polar surface area (TPSA) is 50.4 Å². The van der Waals surface area contributed by atoms with Crippen molar-refractivity contribution in [2.24, 2.45) is 0 Å². The zero-order chi connectivity index (χ0) is 16.8. The molecule has 0 aliphatic carbocycles. The van der Waals surface area contributed by atoms with E-state index in [1.165, 1.54) is 0 Å². The number of rotatable bonds is 4. The Balaban J connectivity index is 2.10. The minimum atomic E-state index is -0.294. The molecule has 0 aromatic heterocycles. The van der Waals surface area contributed by atoms with E-state index in [0.717, 1.165) is 16.8 Å². The van der Waals surface area contributed by atoms with Gasteiger partial charge in [0, 0.05) is 5.69 Å². The maximum Gasteiger partial charge on any atom is 0.261 e. The molecule has 1 amide bonds. The van der Waals surface area contributed by atoms with Crippen LogP contribution in [0.1, 0.15) is 28.4 Å². The smallest absolute Gasteiger partial charge is 0.261 e. The van der Waals surface area contributed by atoms with Crippen molar-refractivity contribution in [3.05, 3.63) is 59.2 Å². The number of para-hydroxylation sites is 2. The molecule has 0 aliphatic rings. The molecule has 0 saturated carbocycles. The third-order valence-corrected chi connectivity index (χ3v) is 3.58. The number of thiocarbonyl (C=S) groups is 1. The van der Waals surface area contributed by atoms with Gasteiger partial charge in [-0.15, -0.1) is 0 Å². The Labute approximate surface area is 141 Å². The van der Waals surface area contributed by atoms with Gasteiger partial charge in [0.2, 0.25) is 0 Å². The van der Waals surface area contributed by atoms with E-state index in [-0.39, 0.29) is 11.0 Å². The molecule has 0 bridgehead atoms. The molecule has 2 aromatic rings. The van der Waals surface area contributed by atoms with Crippen LogP contribution in [0.15, 0.2) is 42.5 Å². The molecule has 0 unspecified atom stereocenters. The van der Waals surface area contributed by atoms with E-state index in [9.17, 15) is 4.79 Å². The van der Waals surface area contributed by atoms with Crippen molar-refractivity contribution in [1.29, 1.82) is 0 Å². The maximum atomic E-state index is 12.4. The van der Waals surface area contributed by atoms with E-state index < -0.39 is 0 Å². The van der Waals surface area contributed by atoms with E-state index in [0.29, 0.717) is 17.9 Å². The number of nitrogens with one attached hydrogen (secondary N) is 2. The molecule has 0 atom stereocenters. The second kappa shape index (κ2) is 7.74. The number of amides is 1. The zero-order valence-corrected chi connectivity index (χ0v) is 14.3. The lowest BCUT2D eigenvalue weighted by Gasteiger charge is -2.15. The predicted octanol–water partition coefficient (Wildman–Crippen LogP) is 3.83. The zero-order valence-electron chi connectivity index (χ0n) is 13.5. The lowest BCUT2D eigenvalue weighted by atomic mass is 10.1. The van der Waals surface area contributed by atoms with Gasteiger partial charge in [-0.25, -0.2) is 0 Å². The molecule has 0 heterocycles. The number of ether oxygens (including phenoxy) is 1. The number of aryl methyl sites for hydroxylation is 2. The summed E-state index contributed by atoms with van der Waals surface area (Å²) in [6, 6.07) is 13.1. The number of carbonyl (C=O) groups excluding carboxylic acids is 1. The van der Waals surface area contributed by atoms with E-state index in [2.05, 4.69) is 10.6 Å². The van der Waals surface area contributed by atoms with Crippen LogP contribution in [0, 0.1) is 13.8 Å². The fraction of sp³-hybridized carbons (Fsp3) is 0.222. The molecular weight excluding hydrogens is 308 g/mol. The summed E-state index contributed by atoms with van der Waals surface area (Å²) in [6.45, 7) is 6.35. The lowest BCUT2D eigenvalue weighted by molar-refractivity contribution is 0.0974. The van der Waals surface area contributed by atoms with Gasteiger partial charge in [-0.2, -0.15) is 0 Å². The first kappa shape index (κ1) is 17.0. The molecule has 23 heavy (non-hydrogen) atoms. The number of hydrogen-bond donors (Lipinski definition) is 2. The third-order valence-electron chi connectivity index (χ3n) is 3.38. The fourth-order valence-electron chi connectivity index (χ4n) is 2.26.